The molecule has 1 atom stereocenters. The fourth-order valence-corrected chi connectivity index (χ4v) is 2.91. The first kappa shape index (κ1) is 18.5. The molecule has 0 radical (unpaired) electrons. The number of likely N-dealkylation sites (tertiary alicyclic amines) is 1. The van der Waals surface area contributed by atoms with Crippen molar-refractivity contribution >= 4 is 6.09 Å². The molecule has 1 fully saturated rings. The molecular formula is C18H27FN2O3. The van der Waals surface area contributed by atoms with Crippen LogP contribution in [0.15, 0.2) is 18.2 Å². The maximum atomic E-state index is 13.8. The summed E-state index contributed by atoms with van der Waals surface area (Å²) in [4.78, 5) is 13.6. The van der Waals surface area contributed by atoms with Gasteiger partial charge in [0.05, 0.1) is 13.2 Å². The van der Waals surface area contributed by atoms with Gasteiger partial charge >= 0.3 is 6.09 Å². The molecule has 0 aromatic heterocycles. The van der Waals surface area contributed by atoms with E-state index in [9.17, 15) is 9.18 Å². The molecule has 1 aromatic carbocycles. The highest BCUT2D eigenvalue weighted by Crippen LogP contribution is 2.23. The number of piperidine rings is 1. The van der Waals surface area contributed by atoms with Gasteiger partial charge in [-0.25, -0.2) is 9.18 Å². The number of halogens is 1. The number of carbonyl (C=O) groups is 1. The normalized spacial score (nSPS) is 17.0. The van der Waals surface area contributed by atoms with E-state index in [0.717, 1.165) is 18.4 Å². The van der Waals surface area contributed by atoms with Crippen molar-refractivity contribution in [3.63, 3.8) is 0 Å². The molecule has 2 rings (SSSR count). The van der Waals surface area contributed by atoms with E-state index in [4.69, 9.17) is 9.47 Å². The molecule has 1 amide bonds. The lowest BCUT2D eigenvalue weighted by atomic mass is 10.0. The lowest BCUT2D eigenvalue weighted by Crippen LogP contribution is -2.46. The second-order valence-corrected chi connectivity index (χ2v) is 6.48. The van der Waals surface area contributed by atoms with E-state index in [-0.39, 0.29) is 29.8 Å². The summed E-state index contributed by atoms with van der Waals surface area (Å²) in [6, 6.07) is 5.35. The maximum Gasteiger partial charge on any atom is 0.410 e. The van der Waals surface area contributed by atoms with Crippen LogP contribution in [-0.2, 0) is 4.74 Å². The van der Waals surface area contributed by atoms with Crippen molar-refractivity contribution in [3.8, 4) is 5.75 Å². The summed E-state index contributed by atoms with van der Waals surface area (Å²) in [5, 5.41) is 3.51. The predicted molar refractivity (Wildman–Crippen MR) is 90.7 cm³/mol. The van der Waals surface area contributed by atoms with Gasteiger partial charge in [-0.2, -0.15) is 0 Å². The first-order valence-corrected chi connectivity index (χ1v) is 8.45. The Balaban J connectivity index is 1.85. The molecule has 1 aliphatic rings. The third kappa shape index (κ3) is 4.84. The molecule has 0 saturated carbocycles. The average Bonchev–Trinajstić information content (AvgIpc) is 2.54. The molecule has 1 aliphatic heterocycles. The summed E-state index contributed by atoms with van der Waals surface area (Å²) in [5.74, 6) is -0.0992. The summed E-state index contributed by atoms with van der Waals surface area (Å²) in [7, 11) is 1.46. The van der Waals surface area contributed by atoms with Gasteiger partial charge in [0.2, 0.25) is 0 Å². The molecule has 5 nitrogen and oxygen atoms in total. The fraction of sp³-hybridized carbons (Fsp3) is 0.611. The third-order valence-electron chi connectivity index (χ3n) is 4.25. The van der Waals surface area contributed by atoms with Crippen LogP contribution in [0.3, 0.4) is 0 Å². The minimum Gasteiger partial charge on any atom is -0.494 e. The van der Waals surface area contributed by atoms with Crippen LogP contribution in [0.2, 0.25) is 0 Å². The van der Waals surface area contributed by atoms with Crippen LogP contribution in [0.4, 0.5) is 9.18 Å². The topological polar surface area (TPSA) is 50.8 Å². The minimum atomic E-state index is -0.352. The Bertz CT molecular complexity index is 557. The van der Waals surface area contributed by atoms with Crippen LogP contribution in [0.1, 0.15) is 45.2 Å². The quantitative estimate of drug-likeness (QED) is 0.893. The van der Waals surface area contributed by atoms with E-state index in [0.29, 0.717) is 19.1 Å². The Labute approximate surface area is 143 Å². The van der Waals surface area contributed by atoms with E-state index < -0.39 is 0 Å². The molecular weight excluding hydrogens is 311 g/mol. The lowest BCUT2D eigenvalue weighted by molar-refractivity contribution is 0.0674. The number of hydrogen-bond donors (Lipinski definition) is 1. The minimum absolute atomic E-state index is 0.0320. The molecule has 24 heavy (non-hydrogen) atoms. The second-order valence-electron chi connectivity index (χ2n) is 6.48. The molecule has 1 aromatic rings. The number of nitrogens with zero attached hydrogens (tertiary/aromatic N) is 1. The largest absolute Gasteiger partial charge is 0.494 e. The summed E-state index contributed by atoms with van der Waals surface area (Å²) >= 11 is 0. The van der Waals surface area contributed by atoms with E-state index >= 15 is 0 Å². The first-order chi connectivity index (χ1) is 11.4. The van der Waals surface area contributed by atoms with Gasteiger partial charge in [-0.05, 0) is 51.3 Å². The summed E-state index contributed by atoms with van der Waals surface area (Å²) in [6.45, 7) is 7.06. The molecule has 1 saturated heterocycles. The van der Waals surface area contributed by atoms with Crippen LogP contribution in [0.5, 0.6) is 5.75 Å². The maximum absolute atomic E-state index is 13.8. The fourth-order valence-electron chi connectivity index (χ4n) is 2.91. The zero-order chi connectivity index (χ0) is 17.7. The van der Waals surface area contributed by atoms with Gasteiger partial charge in [-0.15, -0.1) is 0 Å². The molecule has 0 spiro atoms. The van der Waals surface area contributed by atoms with Crippen LogP contribution >= 0.6 is 0 Å². The van der Waals surface area contributed by atoms with Crippen LogP contribution in [-0.4, -0.2) is 43.3 Å². The number of carbonyl (C=O) groups excluding carboxylic acids is 1. The van der Waals surface area contributed by atoms with E-state index in [1.807, 2.05) is 26.8 Å². The van der Waals surface area contributed by atoms with Crippen molar-refractivity contribution in [2.45, 2.75) is 51.8 Å². The number of amides is 1. The molecule has 0 bridgehead atoms. The van der Waals surface area contributed by atoms with Crippen molar-refractivity contribution in [1.82, 2.24) is 10.2 Å². The summed E-state index contributed by atoms with van der Waals surface area (Å²) in [6.07, 6.45) is 1.37. The van der Waals surface area contributed by atoms with Gasteiger partial charge < -0.3 is 19.7 Å². The zero-order valence-electron chi connectivity index (χ0n) is 14.8. The number of nitrogens with one attached hydrogen (secondary N) is 1. The Hall–Kier alpha value is -1.82. The van der Waals surface area contributed by atoms with Crippen LogP contribution in [0.25, 0.3) is 0 Å². The van der Waals surface area contributed by atoms with Gasteiger partial charge in [0.15, 0.2) is 11.6 Å². The van der Waals surface area contributed by atoms with Crippen molar-refractivity contribution < 1.29 is 18.7 Å². The van der Waals surface area contributed by atoms with Gasteiger partial charge in [0, 0.05) is 25.2 Å². The summed E-state index contributed by atoms with van der Waals surface area (Å²) < 4.78 is 24.0. The molecule has 6 heteroatoms. The molecule has 1 N–H and O–H groups in total. The van der Waals surface area contributed by atoms with Crippen molar-refractivity contribution in [2.75, 3.05) is 20.2 Å². The smallest absolute Gasteiger partial charge is 0.410 e. The number of methoxy groups -OCH3 is 1. The predicted octanol–water partition coefficient (Wildman–Crippen LogP) is 3.49. The highest BCUT2D eigenvalue weighted by atomic mass is 19.1. The van der Waals surface area contributed by atoms with Gasteiger partial charge in [0.25, 0.3) is 0 Å². The first-order valence-electron chi connectivity index (χ1n) is 8.45. The van der Waals surface area contributed by atoms with Crippen LogP contribution < -0.4 is 10.1 Å². The van der Waals surface area contributed by atoms with Gasteiger partial charge in [0.1, 0.15) is 0 Å². The Morgan fingerprint density at radius 2 is 1.96 bits per heavy atom. The van der Waals surface area contributed by atoms with Crippen molar-refractivity contribution in [2.24, 2.45) is 0 Å². The van der Waals surface area contributed by atoms with E-state index in [1.165, 1.54) is 13.2 Å². The Morgan fingerprint density at radius 3 is 2.50 bits per heavy atom. The van der Waals surface area contributed by atoms with E-state index in [2.05, 4.69) is 5.32 Å². The highest BCUT2D eigenvalue weighted by Gasteiger charge is 2.25. The number of rotatable bonds is 5. The highest BCUT2D eigenvalue weighted by molar-refractivity contribution is 5.67. The number of hydrogen-bond acceptors (Lipinski definition) is 4. The number of ether oxygens (including phenoxy) is 2. The molecule has 0 aliphatic carbocycles. The molecule has 134 valence electrons. The Kier molecular flexibility index (Phi) is 6.43. The third-order valence-corrected chi connectivity index (χ3v) is 4.25. The van der Waals surface area contributed by atoms with Gasteiger partial charge in [-0.1, -0.05) is 6.07 Å². The molecule has 1 unspecified atom stereocenters. The van der Waals surface area contributed by atoms with Crippen molar-refractivity contribution in [1.29, 1.82) is 0 Å². The van der Waals surface area contributed by atoms with Crippen molar-refractivity contribution in [3.05, 3.63) is 29.6 Å². The van der Waals surface area contributed by atoms with Crippen LogP contribution in [0, 0.1) is 5.82 Å². The Morgan fingerprint density at radius 1 is 1.29 bits per heavy atom. The summed E-state index contributed by atoms with van der Waals surface area (Å²) in [5.41, 5.74) is 0.884. The van der Waals surface area contributed by atoms with Gasteiger partial charge in [-0.3, -0.25) is 0 Å². The molecule has 1 heterocycles. The zero-order valence-corrected chi connectivity index (χ0v) is 14.8. The second kappa shape index (κ2) is 8.33. The standard InChI is InChI=1S/C18H27FN2O3/c1-12(2)24-18(22)21-9-7-15(8-10-21)20-13(3)14-5-6-17(23-4)16(19)11-14/h5-6,11-13,15,20H,7-10H2,1-4H3. The lowest BCUT2D eigenvalue weighted by Gasteiger charge is -2.33. The average molecular weight is 338 g/mol. The SMILES string of the molecule is COc1ccc(C(C)NC2CCN(C(=O)OC(C)C)CC2)cc1F. The number of benzene rings is 1. The van der Waals surface area contributed by atoms with E-state index in [1.54, 1.807) is 11.0 Å². The monoisotopic (exact) mass is 338 g/mol.